The van der Waals surface area contributed by atoms with E-state index >= 15 is 0 Å². The van der Waals surface area contributed by atoms with E-state index in [9.17, 15) is 9.59 Å². The van der Waals surface area contributed by atoms with E-state index in [1.165, 1.54) is 0 Å². The van der Waals surface area contributed by atoms with Crippen molar-refractivity contribution in [3.8, 4) is 11.5 Å². The van der Waals surface area contributed by atoms with Crippen LogP contribution >= 0.6 is 0 Å². The Kier molecular flexibility index (Phi) is 5.99. The van der Waals surface area contributed by atoms with E-state index < -0.39 is 0 Å². The predicted molar refractivity (Wildman–Crippen MR) is 107 cm³/mol. The summed E-state index contributed by atoms with van der Waals surface area (Å²) in [6.45, 7) is 7.04. The molecule has 0 spiro atoms. The first-order chi connectivity index (χ1) is 13.5. The van der Waals surface area contributed by atoms with Gasteiger partial charge in [0.05, 0.1) is 0 Å². The summed E-state index contributed by atoms with van der Waals surface area (Å²) in [5.41, 5.74) is 2.51. The number of likely N-dealkylation sites (N-methyl/N-ethyl adjacent to an activating group) is 1. The number of rotatable bonds is 6. The number of benzene rings is 2. The Morgan fingerprint density at radius 1 is 1.04 bits per heavy atom. The number of aryl methyl sites for hydroxylation is 1. The van der Waals surface area contributed by atoms with Gasteiger partial charge in [-0.25, -0.2) is 0 Å². The quantitative estimate of drug-likeness (QED) is 0.781. The first-order valence-electron chi connectivity index (χ1n) is 9.30. The third-order valence-corrected chi connectivity index (χ3v) is 4.55. The first kappa shape index (κ1) is 19.5. The maximum absolute atomic E-state index is 13.0. The zero-order chi connectivity index (χ0) is 20.1. The van der Waals surface area contributed by atoms with Gasteiger partial charge in [-0.1, -0.05) is 23.8 Å². The van der Waals surface area contributed by atoms with Crippen LogP contribution in [0.25, 0.3) is 6.08 Å². The summed E-state index contributed by atoms with van der Waals surface area (Å²) in [4.78, 5) is 27.3. The molecule has 2 amide bonds. The molecule has 3 rings (SSSR count). The van der Waals surface area contributed by atoms with Crippen LogP contribution in [0.2, 0.25) is 0 Å². The molecule has 0 bridgehead atoms. The third kappa shape index (κ3) is 4.34. The van der Waals surface area contributed by atoms with Crippen LogP contribution in [0.1, 0.15) is 35.3 Å². The molecule has 0 radical (unpaired) electrons. The molecule has 1 aliphatic rings. The summed E-state index contributed by atoms with van der Waals surface area (Å²) >= 11 is 0. The summed E-state index contributed by atoms with van der Waals surface area (Å²) in [7, 11) is 0. The van der Waals surface area contributed by atoms with Crippen molar-refractivity contribution in [2.24, 2.45) is 0 Å². The van der Waals surface area contributed by atoms with Gasteiger partial charge in [0.2, 0.25) is 6.79 Å². The molecule has 1 N–H and O–H groups in total. The van der Waals surface area contributed by atoms with E-state index in [-0.39, 0.29) is 24.3 Å². The molecule has 0 fully saturated rings. The van der Waals surface area contributed by atoms with E-state index in [0.29, 0.717) is 30.2 Å². The predicted octanol–water partition coefficient (Wildman–Crippen LogP) is 3.36. The van der Waals surface area contributed by atoms with Crippen molar-refractivity contribution in [1.82, 2.24) is 10.2 Å². The number of nitrogens with one attached hydrogen (secondary N) is 1. The van der Waals surface area contributed by atoms with Crippen LogP contribution in [0.4, 0.5) is 0 Å². The number of hydrogen-bond donors (Lipinski definition) is 1. The molecule has 0 saturated carbocycles. The third-order valence-electron chi connectivity index (χ3n) is 4.55. The van der Waals surface area contributed by atoms with Crippen LogP contribution in [-0.4, -0.2) is 36.6 Å². The van der Waals surface area contributed by atoms with Crippen LogP contribution in [0.5, 0.6) is 11.5 Å². The molecule has 0 aromatic heterocycles. The van der Waals surface area contributed by atoms with Gasteiger partial charge in [0, 0.05) is 18.7 Å². The second kappa shape index (κ2) is 8.61. The van der Waals surface area contributed by atoms with E-state index in [1.807, 2.05) is 39.0 Å². The average Bonchev–Trinajstić information content (AvgIpc) is 3.16. The summed E-state index contributed by atoms with van der Waals surface area (Å²) in [5, 5.41) is 2.78. The molecule has 0 aliphatic carbocycles. The van der Waals surface area contributed by atoms with Gasteiger partial charge in [-0.05, 0) is 56.7 Å². The van der Waals surface area contributed by atoms with E-state index in [1.54, 1.807) is 35.2 Å². The van der Waals surface area contributed by atoms with Gasteiger partial charge in [0.1, 0.15) is 5.70 Å². The molecule has 0 atom stereocenters. The van der Waals surface area contributed by atoms with Crippen molar-refractivity contribution in [1.29, 1.82) is 0 Å². The lowest BCUT2D eigenvalue weighted by Gasteiger charge is -2.21. The maximum atomic E-state index is 13.0. The molecule has 6 heteroatoms. The monoisotopic (exact) mass is 380 g/mol. The number of amides is 2. The molecule has 28 heavy (non-hydrogen) atoms. The average molecular weight is 380 g/mol. The Balaban J connectivity index is 1.91. The second-order valence-electron chi connectivity index (χ2n) is 6.47. The molecular formula is C22H24N2O4. The Morgan fingerprint density at radius 2 is 1.71 bits per heavy atom. The topological polar surface area (TPSA) is 67.9 Å². The number of carbonyl (C=O) groups excluding carboxylic acids is 2. The molecule has 1 heterocycles. The summed E-state index contributed by atoms with van der Waals surface area (Å²) in [5.74, 6) is 0.723. The lowest BCUT2D eigenvalue weighted by molar-refractivity contribution is -0.127. The van der Waals surface area contributed by atoms with Gasteiger partial charge in [-0.3, -0.25) is 9.59 Å². The number of hydrogen-bond acceptors (Lipinski definition) is 4. The highest BCUT2D eigenvalue weighted by Crippen LogP contribution is 2.33. The Labute approximate surface area is 164 Å². The summed E-state index contributed by atoms with van der Waals surface area (Å²) in [6.07, 6.45) is 1.66. The molecular weight excluding hydrogens is 356 g/mol. The fraction of sp³-hybridized carbons (Fsp3) is 0.273. The number of fused-ring (bicyclic) bond motifs is 1. The number of carbonyl (C=O) groups is 2. The van der Waals surface area contributed by atoms with Crippen molar-refractivity contribution in [3.05, 3.63) is 64.9 Å². The minimum absolute atomic E-state index is 0.178. The SMILES string of the molecule is CCN(CC)C(=O)/C(=C/c1ccc2c(c1)OCO2)NC(=O)c1ccc(C)cc1. The van der Waals surface area contributed by atoms with Gasteiger partial charge >= 0.3 is 0 Å². The smallest absolute Gasteiger partial charge is 0.270 e. The molecule has 6 nitrogen and oxygen atoms in total. The molecule has 2 aromatic rings. The van der Waals surface area contributed by atoms with Crippen LogP contribution < -0.4 is 14.8 Å². The lowest BCUT2D eigenvalue weighted by atomic mass is 10.1. The Morgan fingerprint density at radius 3 is 2.39 bits per heavy atom. The van der Waals surface area contributed by atoms with Crippen molar-refractivity contribution in [3.63, 3.8) is 0 Å². The van der Waals surface area contributed by atoms with Gasteiger partial charge in [0.15, 0.2) is 11.5 Å². The normalized spacial score (nSPS) is 12.6. The second-order valence-corrected chi connectivity index (χ2v) is 6.47. The van der Waals surface area contributed by atoms with Gasteiger partial charge in [0.25, 0.3) is 11.8 Å². The highest BCUT2D eigenvalue weighted by atomic mass is 16.7. The van der Waals surface area contributed by atoms with Crippen LogP contribution in [-0.2, 0) is 4.79 Å². The fourth-order valence-electron chi connectivity index (χ4n) is 2.90. The highest BCUT2D eigenvalue weighted by molar-refractivity contribution is 6.05. The zero-order valence-electron chi connectivity index (χ0n) is 16.3. The van der Waals surface area contributed by atoms with Gasteiger partial charge < -0.3 is 19.7 Å². The van der Waals surface area contributed by atoms with Crippen molar-refractivity contribution < 1.29 is 19.1 Å². The largest absolute Gasteiger partial charge is 0.454 e. The van der Waals surface area contributed by atoms with Gasteiger partial charge in [-0.2, -0.15) is 0 Å². The number of nitrogens with zero attached hydrogens (tertiary/aromatic N) is 1. The van der Waals surface area contributed by atoms with Crippen LogP contribution in [0, 0.1) is 6.92 Å². The van der Waals surface area contributed by atoms with Crippen molar-refractivity contribution in [2.75, 3.05) is 19.9 Å². The van der Waals surface area contributed by atoms with Crippen LogP contribution in [0.15, 0.2) is 48.2 Å². The Hall–Kier alpha value is -3.28. The highest BCUT2D eigenvalue weighted by Gasteiger charge is 2.20. The summed E-state index contributed by atoms with van der Waals surface area (Å²) in [6, 6.07) is 12.6. The van der Waals surface area contributed by atoms with Crippen molar-refractivity contribution in [2.45, 2.75) is 20.8 Å². The maximum Gasteiger partial charge on any atom is 0.270 e. The first-order valence-corrected chi connectivity index (χ1v) is 9.30. The van der Waals surface area contributed by atoms with E-state index in [4.69, 9.17) is 9.47 Å². The molecule has 146 valence electrons. The lowest BCUT2D eigenvalue weighted by Crippen LogP contribution is -2.38. The standard InChI is InChI=1S/C22H24N2O4/c1-4-24(5-2)22(26)18(23-21(25)17-9-6-15(3)7-10-17)12-16-8-11-19-20(13-16)28-14-27-19/h6-13H,4-5,14H2,1-3H3,(H,23,25)/b18-12-. The fourth-order valence-corrected chi connectivity index (χ4v) is 2.90. The summed E-state index contributed by atoms with van der Waals surface area (Å²) < 4.78 is 10.7. The van der Waals surface area contributed by atoms with E-state index in [0.717, 1.165) is 11.1 Å². The van der Waals surface area contributed by atoms with E-state index in [2.05, 4.69) is 5.32 Å². The molecule has 0 saturated heterocycles. The molecule has 2 aromatic carbocycles. The minimum Gasteiger partial charge on any atom is -0.454 e. The molecule has 0 unspecified atom stereocenters. The molecule has 1 aliphatic heterocycles. The van der Waals surface area contributed by atoms with Gasteiger partial charge in [-0.15, -0.1) is 0 Å². The minimum atomic E-state index is -0.326. The Bertz CT molecular complexity index is 899. The van der Waals surface area contributed by atoms with Crippen molar-refractivity contribution >= 4 is 17.9 Å². The number of ether oxygens (including phenoxy) is 2. The van der Waals surface area contributed by atoms with Crippen LogP contribution in [0.3, 0.4) is 0 Å². The zero-order valence-corrected chi connectivity index (χ0v) is 16.3.